The highest BCUT2D eigenvalue weighted by Gasteiger charge is 2.32. The number of H-pyrrole nitrogens is 1. The van der Waals surface area contributed by atoms with Gasteiger partial charge in [0.15, 0.2) is 6.29 Å². The molecule has 0 unspecified atom stereocenters. The molecule has 3 aromatic heterocycles. The van der Waals surface area contributed by atoms with Crippen molar-refractivity contribution in [2.75, 3.05) is 0 Å². The van der Waals surface area contributed by atoms with Gasteiger partial charge in [-0.25, -0.2) is 4.98 Å². The summed E-state index contributed by atoms with van der Waals surface area (Å²) in [7, 11) is 0. The van der Waals surface area contributed by atoms with Crippen LogP contribution < -0.4 is 0 Å². The molecule has 4 rings (SSSR count). The van der Waals surface area contributed by atoms with Crippen molar-refractivity contribution in [1.82, 2.24) is 14.4 Å². The largest absolute Gasteiger partial charge is 0.354 e. The van der Waals surface area contributed by atoms with Gasteiger partial charge in [0.1, 0.15) is 5.65 Å². The number of hydrogen-bond acceptors (Lipinski definition) is 3. The fourth-order valence-corrected chi connectivity index (χ4v) is 2.72. The Balaban J connectivity index is 1.70. The van der Waals surface area contributed by atoms with Gasteiger partial charge in [-0.3, -0.25) is 0 Å². The first-order valence-corrected chi connectivity index (χ1v) is 7.02. The van der Waals surface area contributed by atoms with E-state index >= 15 is 0 Å². The van der Waals surface area contributed by atoms with E-state index in [-0.39, 0.29) is 12.6 Å². The minimum atomic E-state index is -0.268. The predicted octanol–water partition coefficient (Wildman–Crippen LogP) is 3.30. The third kappa shape index (κ3) is 1.74. The van der Waals surface area contributed by atoms with E-state index in [0.717, 1.165) is 40.8 Å². The molecule has 0 atom stereocenters. The average molecular weight is 271 g/mol. The molecule has 0 amide bonds. The Kier molecular flexibility index (Phi) is 2.58. The number of fused-ring (bicyclic) bond motifs is 3. The van der Waals surface area contributed by atoms with Crippen LogP contribution in [0.25, 0.3) is 16.6 Å². The van der Waals surface area contributed by atoms with Crippen molar-refractivity contribution in [2.24, 2.45) is 0 Å². The van der Waals surface area contributed by atoms with E-state index < -0.39 is 0 Å². The Morgan fingerprint density at radius 1 is 1.40 bits per heavy atom. The summed E-state index contributed by atoms with van der Waals surface area (Å²) >= 11 is 0. The summed E-state index contributed by atoms with van der Waals surface area (Å²) in [5, 5.41) is 1.10. The molecule has 0 aromatic carbocycles. The van der Waals surface area contributed by atoms with Gasteiger partial charge in [0, 0.05) is 17.8 Å². The molecule has 0 radical (unpaired) electrons. The van der Waals surface area contributed by atoms with Crippen molar-refractivity contribution in [3.63, 3.8) is 0 Å². The van der Waals surface area contributed by atoms with E-state index in [0.29, 0.717) is 0 Å². The normalized spacial score (nSPS) is 22.5. The Morgan fingerprint density at radius 2 is 2.25 bits per heavy atom. The Bertz CT molecular complexity index is 768. The van der Waals surface area contributed by atoms with E-state index in [9.17, 15) is 0 Å². The standard InChI is InChI=1S/C15H17N3O2/c1-3-4-13-19-15(20-13)12-7-10-11(17-12)5-6-18-8-9(2)16-14(10)18/h5-8,13,15,17H,3-4H2,1-2H3. The van der Waals surface area contributed by atoms with Crippen LogP contribution in [0.4, 0.5) is 0 Å². The molecular formula is C15H17N3O2. The number of aromatic amines is 1. The van der Waals surface area contributed by atoms with Crippen molar-refractivity contribution < 1.29 is 9.47 Å². The number of nitrogens with zero attached hydrogens (tertiary/aromatic N) is 2. The SMILES string of the molecule is CCCC1OC(c2cc3c(ccn4cc(C)nc34)[nH]2)O1. The van der Waals surface area contributed by atoms with Crippen LogP contribution in [0.3, 0.4) is 0 Å². The number of nitrogens with one attached hydrogen (secondary N) is 1. The predicted molar refractivity (Wildman–Crippen MR) is 75.4 cm³/mol. The molecule has 4 heterocycles. The summed E-state index contributed by atoms with van der Waals surface area (Å²) in [6.07, 6.45) is 5.73. The number of aryl methyl sites for hydroxylation is 1. The smallest absolute Gasteiger partial charge is 0.204 e. The monoisotopic (exact) mass is 271 g/mol. The fourth-order valence-electron chi connectivity index (χ4n) is 2.72. The molecule has 5 nitrogen and oxygen atoms in total. The van der Waals surface area contributed by atoms with Gasteiger partial charge in [-0.05, 0) is 25.5 Å². The van der Waals surface area contributed by atoms with Crippen LogP contribution in [0.15, 0.2) is 24.5 Å². The maximum atomic E-state index is 5.73. The summed E-state index contributed by atoms with van der Waals surface area (Å²) in [4.78, 5) is 7.92. The second kappa shape index (κ2) is 4.33. The maximum Gasteiger partial charge on any atom is 0.204 e. The summed E-state index contributed by atoms with van der Waals surface area (Å²) < 4.78 is 13.5. The van der Waals surface area contributed by atoms with Gasteiger partial charge in [0.25, 0.3) is 0 Å². The first-order chi connectivity index (χ1) is 9.74. The topological polar surface area (TPSA) is 51.5 Å². The Hall–Kier alpha value is -1.85. The first kappa shape index (κ1) is 11.9. The van der Waals surface area contributed by atoms with Crippen LogP contribution in [-0.4, -0.2) is 20.7 Å². The van der Waals surface area contributed by atoms with E-state index in [1.165, 1.54) is 0 Å². The van der Waals surface area contributed by atoms with Gasteiger partial charge in [-0.1, -0.05) is 13.3 Å². The van der Waals surface area contributed by atoms with Crippen LogP contribution in [-0.2, 0) is 9.47 Å². The lowest BCUT2D eigenvalue weighted by Crippen LogP contribution is -2.34. The molecule has 0 bridgehead atoms. The van der Waals surface area contributed by atoms with Crippen molar-refractivity contribution in [2.45, 2.75) is 39.3 Å². The quantitative estimate of drug-likeness (QED) is 0.795. The number of aromatic nitrogens is 3. The van der Waals surface area contributed by atoms with Crippen molar-refractivity contribution in [3.8, 4) is 0 Å². The molecule has 0 aliphatic carbocycles. The zero-order valence-electron chi connectivity index (χ0n) is 11.6. The van der Waals surface area contributed by atoms with Gasteiger partial charge in [0.2, 0.25) is 6.29 Å². The van der Waals surface area contributed by atoms with Crippen LogP contribution in [0.2, 0.25) is 0 Å². The van der Waals surface area contributed by atoms with Gasteiger partial charge in [-0.2, -0.15) is 0 Å². The molecule has 3 aromatic rings. The molecule has 1 saturated heterocycles. The summed E-state index contributed by atoms with van der Waals surface area (Å²) in [6.45, 7) is 4.13. The number of rotatable bonds is 3. The molecule has 5 heteroatoms. The Morgan fingerprint density at radius 3 is 3.05 bits per heavy atom. The molecular weight excluding hydrogens is 254 g/mol. The van der Waals surface area contributed by atoms with Gasteiger partial charge < -0.3 is 18.9 Å². The zero-order valence-corrected chi connectivity index (χ0v) is 11.6. The van der Waals surface area contributed by atoms with Gasteiger partial charge >= 0.3 is 0 Å². The summed E-state index contributed by atoms with van der Waals surface area (Å²) in [5.74, 6) is 0. The summed E-state index contributed by atoms with van der Waals surface area (Å²) in [6, 6.07) is 4.12. The number of pyridine rings is 1. The van der Waals surface area contributed by atoms with Crippen molar-refractivity contribution >= 4 is 16.6 Å². The van der Waals surface area contributed by atoms with Crippen LogP contribution >= 0.6 is 0 Å². The van der Waals surface area contributed by atoms with Crippen LogP contribution in [0.1, 0.15) is 37.4 Å². The molecule has 20 heavy (non-hydrogen) atoms. The highest BCUT2D eigenvalue weighted by atomic mass is 16.9. The zero-order chi connectivity index (χ0) is 13.7. The number of ether oxygens (including phenoxy) is 2. The second-order valence-electron chi connectivity index (χ2n) is 5.30. The molecule has 0 saturated carbocycles. The minimum absolute atomic E-state index is 0.0508. The lowest BCUT2D eigenvalue weighted by molar-refractivity contribution is -0.392. The fraction of sp³-hybridized carbons (Fsp3) is 0.400. The highest BCUT2D eigenvalue weighted by molar-refractivity contribution is 5.92. The average Bonchev–Trinajstić information content (AvgIpc) is 2.94. The molecule has 104 valence electrons. The van der Waals surface area contributed by atoms with Crippen molar-refractivity contribution in [1.29, 1.82) is 0 Å². The van der Waals surface area contributed by atoms with E-state index in [2.05, 4.69) is 29.0 Å². The highest BCUT2D eigenvalue weighted by Crippen LogP contribution is 2.35. The molecule has 0 spiro atoms. The number of imidazole rings is 1. The van der Waals surface area contributed by atoms with E-state index in [1.807, 2.05) is 23.7 Å². The van der Waals surface area contributed by atoms with Crippen molar-refractivity contribution in [3.05, 3.63) is 35.9 Å². The Labute approximate surface area is 116 Å². The third-order valence-electron chi connectivity index (χ3n) is 3.69. The molecule has 1 N–H and O–H groups in total. The van der Waals surface area contributed by atoms with Crippen LogP contribution in [0.5, 0.6) is 0 Å². The maximum absolute atomic E-state index is 5.73. The van der Waals surface area contributed by atoms with Gasteiger partial charge in [-0.15, -0.1) is 0 Å². The van der Waals surface area contributed by atoms with Gasteiger partial charge in [0.05, 0.1) is 16.9 Å². The molecule has 1 fully saturated rings. The van der Waals surface area contributed by atoms with E-state index in [1.54, 1.807) is 0 Å². The second-order valence-corrected chi connectivity index (χ2v) is 5.30. The number of hydrogen-bond donors (Lipinski definition) is 1. The minimum Gasteiger partial charge on any atom is -0.354 e. The molecule has 1 aliphatic rings. The summed E-state index contributed by atoms with van der Waals surface area (Å²) in [5.41, 5.74) is 4.00. The molecule has 1 aliphatic heterocycles. The lowest BCUT2D eigenvalue weighted by atomic mass is 10.2. The first-order valence-electron chi connectivity index (χ1n) is 7.02. The lowest BCUT2D eigenvalue weighted by Gasteiger charge is -2.35. The van der Waals surface area contributed by atoms with Crippen LogP contribution in [0, 0.1) is 6.92 Å². The van der Waals surface area contributed by atoms with E-state index in [4.69, 9.17) is 9.47 Å². The third-order valence-corrected chi connectivity index (χ3v) is 3.69.